The van der Waals surface area contributed by atoms with E-state index in [1.165, 1.54) is 25.7 Å². The topological polar surface area (TPSA) is 29.9 Å². The number of aromatic nitrogens is 2. The molecule has 1 N–H and O–H groups in total. The average Bonchev–Trinajstić information content (AvgIpc) is 2.78. The molecule has 84 valence electrons. The third kappa shape index (κ3) is 2.33. The lowest BCUT2D eigenvalue weighted by atomic mass is 10.0. The molecule has 0 radical (unpaired) electrons. The van der Waals surface area contributed by atoms with E-state index in [1.807, 2.05) is 6.20 Å². The van der Waals surface area contributed by atoms with Crippen molar-refractivity contribution in [2.45, 2.75) is 58.0 Å². The van der Waals surface area contributed by atoms with Crippen molar-refractivity contribution < 1.29 is 0 Å². The Morgan fingerprint density at radius 1 is 1.47 bits per heavy atom. The minimum Gasteiger partial charge on any atom is -0.351 e. The van der Waals surface area contributed by atoms with Gasteiger partial charge in [0.2, 0.25) is 5.95 Å². The summed E-state index contributed by atoms with van der Waals surface area (Å²) in [5, 5.41) is 3.60. The molecule has 3 heteroatoms. The maximum Gasteiger partial charge on any atom is 0.203 e. The van der Waals surface area contributed by atoms with Gasteiger partial charge in [-0.2, -0.15) is 0 Å². The van der Waals surface area contributed by atoms with Crippen LogP contribution in [0.2, 0.25) is 0 Å². The molecule has 3 nitrogen and oxygen atoms in total. The monoisotopic (exact) mass is 207 g/mol. The first-order valence-corrected chi connectivity index (χ1v) is 6.03. The van der Waals surface area contributed by atoms with Gasteiger partial charge in [-0.15, -0.1) is 0 Å². The van der Waals surface area contributed by atoms with E-state index >= 15 is 0 Å². The largest absolute Gasteiger partial charge is 0.351 e. The molecular formula is C12H21N3. The summed E-state index contributed by atoms with van der Waals surface area (Å²) >= 11 is 0. The summed E-state index contributed by atoms with van der Waals surface area (Å²) < 4.78 is 2.21. The van der Waals surface area contributed by atoms with E-state index in [4.69, 9.17) is 0 Å². The fourth-order valence-electron chi connectivity index (χ4n) is 2.40. The zero-order valence-electron chi connectivity index (χ0n) is 9.79. The Labute approximate surface area is 91.9 Å². The van der Waals surface area contributed by atoms with Crippen molar-refractivity contribution in [1.82, 2.24) is 9.55 Å². The maximum atomic E-state index is 4.40. The Morgan fingerprint density at radius 3 is 2.87 bits per heavy atom. The highest BCUT2D eigenvalue weighted by Gasteiger charge is 2.29. The normalized spacial score (nSPS) is 19.3. The first-order valence-electron chi connectivity index (χ1n) is 6.03. The lowest BCUT2D eigenvalue weighted by Gasteiger charge is -2.26. The number of rotatable bonds is 4. The SMILES string of the molecule is CCCn1ccnc1NC1(C)CCCC1. The molecule has 1 heterocycles. The number of nitrogens with zero attached hydrogens (tertiary/aromatic N) is 2. The molecule has 0 amide bonds. The van der Waals surface area contributed by atoms with Crippen LogP contribution in [0.5, 0.6) is 0 Å². The summed E-state index contributed by atoms with van der Waals surface area (Å²) in [7, 11) is 0. The Kier molecular flexibility index (Phi) is 2.98. The van der Waals surface area contributed by atoms with Crippen molar-refractivity contribution in [3.63, 3.8) is 0 Å². The van der Waals surface area contributed by atoms with Gasteiger partial charge in [0.25, 0.3) is 0 Å². The van der Waals surface area contributed by atoms with E-state index in [1.54, 1.807) is 0 Å². The molecule has 0 aromatic carbocycles. The molecule has 0 saturated heterocycles. The van der Waals surface area contributed by atoms with Gasteiger partial charge in [0, 0.05) is 24.5 Å². The highest BCUT2D eigenvalue weighted by molar-refractivity contribution is 5.31. The van der Waals surface area contributed by atoms with Crippen LogP contribution in [0.3, 0.4) is 0 Å². The molecule has 0 spiro atoms. The standard InChI is InChI=1S/C12H21N3/c1-3-9-15-10-8-13-11(15)14-12(2)6-4-5-7-12/h8,10H,3-7,9H2,1-2H3,(H,13,14). The van der Waals surface area contributed by atoms with Crippen LogP contribution in [0.1, 0.15) is 46.0 Å². The number of hydrogen-bond donors (Lipinski definition) is 1. The lowest BCUT2D eigenvalue weighted by molar-refractivity contribution is 0.520. The predicted molar refractivity (Wildman–Crippen MR) is 63.0 cm³/mol. The van der Waals surface area contributed by atoms with E-state index in [-0.39, 0.29) is 5.54 Å². The number of aryl methyl sites for hydroxylation is 1. The van der Waals surface area contributed by atoms with Gasteiger partial charge in [-0.1, -0.05) is 19.8 Å². The van der Waals surface area contributed by atoms with Crippen LogP contribution in [0.25, 0.3) is 0 Å². The second-order valence-electron chi connectivity index (χ2n) is 4.84. The fourth-order valence-corrected chi connectivity index (χ4v) is 2.40. The van der Waals surface area contributed by atoms with E-state index < -0.39 is 0 Å². The maximum absolute atomic E-state index is 4.40. The van der Waals surface area contributed by atoms with Crippen LogP contribution in [-0.4, -0.2) is 15.1 Å². The molecule has 1 saturated carbocycles. The van der Waals surface area contributed by atoms with Crippen molar-refractivity contribution in [3.8, 4) is 0 Å². The van der Waals surface area contributed by atoms with Gasteiger partial charge in [0.15, 0.2) is 0 Å². The van der Waals surface area contributed by atoms with Crippen LogP contribution in [0, 0.1) is 0 Å². The van der Waals surface area contributed by atoms with Crippen LogP contribution < -0.4 is 5.32 Å². The van der Waals surface area contributed by atoms with Gasteiger partial charge in [-0.25, -0.2) is 4.98 Å². The molecule has 0 unspecified atom stereocenters. The molecule has 0 aliphatic heterocycles. The van der Waals surface area contributed by atoms with Gasteiger partial charge >= 0.3 is 0 Å². The number of anilines is 1. The molecule has 2 rings (SSSR count). The van der Waals surface area contributed by atoms with Crippen LogP contribution >= 0.6 is 0 Å². The van der Waals surface area contributed by atoms with E-state index in [2.05, 4.69) is 34.9 Å². The first-order chi connectivity index (χ1) is 7.23. The summed E-state index contributed by atoms with van der Waals surface area (Å²) in [6.07, 6.45) is 10.3. The molecule has 1 aliphatic carbocycles. The quantitative estimate of drug-likeness (QED) is 0.822. The zero-order valence-corrected chi connectivity index (χ0v) is 9.79. The van der Waals surface area contributed by atoms with Gasteiger partial charge in [-0.05, 0) is 26.2 Å². The minimum absolute atomic E-state index is 0.275. The molecule has 15 heavy (non-hydrogen) atoms. The van der Waals surface area contributed by atoms with Gasteiger partial charge in [0.1, 0.15) is 0 Å². The molecule has 1 fully saturated rings. The van der Waals surface area contributed by atoms with Crippen molar-refractivity contribution in [1.29, 1.82) is 0 Å². The second kappa shape index (κ2) is 4.25. The number of nitrogens with one attached hydrogen (secondary N) is 1. The molecular weight excluding hydrogens is 186 g/mol. The minimum atomic E-state index is 0.275. The van der Waals surface area contributed by atoms with Crippen molar-refractivity contribution in [2.24, 2.45) is 0 Å². The van der Waals surface area contributed by atoms with E-state index in [0.29, 0.717) is 0 Å². The third-order valence-electron chi connectivity index (χ3n) is 3.30. The van der Waals surface area contributed by atoms with E-state index in [9.17, 15) is 0 Å². The summed E-state index contributed by atoms with van der Waals surface area (Å²) in [5.41, 5.74) is 0.275. The van der Waals surface area contributed by atoms with Crippen LogP contribution in [0.15, 0.2) is 12.4 Å². The summed E-state index contributed by atoms with van der Waals surface area (Å²) in [4.78, 5) is 4.40. The first kappa shape index (κ1) is 10.5. The predicted octanol–water partition coefficient (Wildman–Crippen LogP) is 3.04. The molecule has 1 aromatic rings. The zero-order chi connectivity index (χ0) is 10.7. The summed E-state index contributed by atoms with van der Waals surface area (Å²) in [5.74, 6) is 1.04. The van der Waals surface area contributed by atoms with E-state index in [0.717, 1.165) is 18.9 Å². The van der Waals surface area contributed by atoms with Crippen molar-refractivity contribution in [3.05, 3.63) is 12.4 Å². The van der Waals surface area contributed by atoms with Gasteiger partial charge in [-0.3, -0.25) is 0 Å². The lowest BCUT2D eigenvalue weighted by Crippen LogP contribution is -2.32. The molecule has 1 aromatic heterocycles. The Hall–Kier alpha value is -0.990. The van der Waals surface area contributed by atoms with Crippen LogP contribution in [0.4, 0.5) is 5.95 Å². The Bertz CT molecular complexity index is 310. The molecule has 0 atom stereocenters. The summed E-state index contributed by atoms with van der Waals surface area (Å²) in [6.45, 7) is 5.56. The number of imidazole rings is 1. The van der Waals surface area contributed by atoms with Crippen molar-refractivity contribution in [2.75, 3.05) is 5.32 Å². The van der Waals surface area contributed by atoms with Gasteiger partial charge in [0.05, 0.1) is 0 Å². The number of hydrogen-bond acceptors (Lipinski definition) is 2. The average molecular weight is 207 g/mol. The smallest absolute Gasteiger partial charge is 0.203 e. The molecule has 0 bridgehead atoms. The highest BCUT2D eigenvalue weighted by atomic mass is 15.2. The van der Waals surface area contributed by atoms with Crippen LogP contribution in [-0.2, 0) is 6.54 Å². The van der Waals surface area contributed by atoms with Crippen molar-refractivity contribution >= 4 is 5.95 Å². The Balaban J connectivity index is 2.06. The second-order valence-corrected chi connectivity index (χ2v) is 4.84. The van der Waals surface area contributed by atoms with Gasteiger partial charge < -0.3 is 9.88 Å². The Morgan fingerprint density at radius 2 is 2.20 bits per heavy atom. The third-order valence-corrected chi connectivity index (χ3v) is 3.30. The highest BCUT2D eigenvalue weighted by Crippen LogP contribution is 2.32. The molecule has 1 aliphatic rings. The fraction of sp³-hybridized carbons (Fsp3) is 0.750. The summed E-state index contributed by atoms with van der Waals surface area (Å²) in [6, 6.07) is 0.